The number of nitrogens with zero attached hydrogens (tertiary/aromatic N) is 5. The zero-order valence-electron chi connectivity index (χ0n) is 11.9. The Morgan fingerprint density at radius 1 is 1.18 bits per heavy atom. The van der Waals surface area contributed by atoms with Gasteiger partial charge < -0.3 is 4.57 Å². The molecule has 7 heteroatoms. The summed E-state index contributed by atoms with van der Waals surface area (Å²) in [6, 6.07) is 7.24. The van der Waals surface area contributed by atoms with E-state index in [-0.39, 0.29) is 0 Å². The molecular formula is C15H11F2N5. The van der Waals surface area contributed by atoms with Crippen LogP contribution < -0.4 is 0 Å². The lowest BCUT2D eigenvalue weighted by Crippen LogP contribution is -2.03. The SMILES string of the molecule is Cc1nc(-c2cc(C#N)cn2C)n(-c2ccc(F)c(F)c2)n1. The molecule has 3 aromatic rings. The molecule has 0 spiro atoms. The molecule has 0 amide bonds. The van der Waals surface area contributed by atoms with E-state index in [0.29, 0.717) is 28.6 Å². The molecule has 0 N–H and O–H groups in total. The van der Waals surface area contributed by atoms with Gasteiger partial charge >= 0.3 is 0 Å². The van der Waals surface area contributed by atoms with Gasteiger partial charge in [0, 0.05) is 19.3 Å². The Bertz CT molecular complexity index is 901. The summed E-state index contributed by atoms with van der Waals surface area (Å²) < 4.78 is 29.7. The van der Waals surface area contributed by atoms with Crippen LogP contribution in [-0.2, 0) is 7.05 Å². The molecule has 0 bridgehead atoms. The summed E-state index contributed by atoms with van der Waals surface area (Å²) in [6.07, 6.45) is 1.66. The van der Waals surface area contributed by atoms with Crippen molar-refractivity contribution in [3.63, 3.8) is 0 Å². The highest BCUT2D eigenvalue weighted by molar-refractivity contribution is 5.57. The molecular weight excluding hydrogens is 288 g/mol. The first-order chi connectivity index (χ1) is 10.5. The third kappa shape index (κ3) is 2.24. The van der Waals surface area contributed by atoms with Gasteiger partial charge in [-0.15, -0.1) is 0 Å². The van der Waals surface area contributed by atoms with E-state index >= 15 is 0 Å². The molecule has 110 valence electrons. The zero-order valence-corrected chi connectivity index (χ0v) is 11.9. The number of hydrogen-bond acceptors (Lipinski definition) is 3. The van der Waals surface area contributed by atoms with Crippen LogP contribution in [0.4, 0.5) is 8.78 Å². The third-order valence-corrected chi connectivity index (χ3v) is 3.22. The second-order valence-corrected chi connectivity index (χ2v) is 4.83. The summed E-state index contributed by atoms with van der Waals surface area (Å²) >= 11 is 0. The molecule has 0 radical (unpaired) electrons. The van der Waals surface area contributed by atoms with Gasteiger partial charge in [0.2, 0.25) is 0 Å². The van der Waals surface area contributed by atoms with Crippen molar-refractivity contribution in [2.24, 2.45) is 7.05 Å². The Hall–Kier alpha value is -3.01. The van der Waals surface area contributed by atoms with Gasteiger partial charge in [0.1, 0.15) is 11.9 Å². The lowest BCUT2D eigenvalue weighted by molar-refractivity contribution is 0.507. The smallest absolute Gasteiger partial charge is 0.179 e. The molecule has 0 aliphatic carbocycles. The maximum absolute atomic E-state index is 13.5. The Morgan fingerprint density at radius 3 is 2.59 bits per heavy atom. The van der Waals surface area contributed by atoms with Crippen LogP contribution in [0.5, 0.6) is 0 Å². The fourth-order valence-corrected chi connectivity index (χ4v) is 2.23. The fourth-order valence-electron chi connectivity index (χ4n) is 2.23. The number of rotatable bonds is 2. The van der Waals surface area contributed by atoms with Gasteiger partial charge in [-0.3, -0.25) is 0 Å². The largest absolute Gasteiger partial charge is 0.347 e. The average Bonchev–Trinajstić information content (AvgIpc) is 3.04. The number of halogens is 2. The van der Waals surface area contributed by atoms with Gasteiger partial charge in [0.15, 0.2) is 17.5 Å². The minimum atomic E-state index is -0.957. The highest BCUT2D eigenvalue weighted by Crippen LogP contribution is 2.23. The molecule has 0 fully saturated rings. The Labute approximate surface area is 125 Å². The van der Waals surface area contributed by atoms with E-state index in [1.165, 1.54) is 10.7 Å². The Balaban J connectivity index is 2.20. The van der Waals surface area contributed by atoms with Crippen molar-refractivity contribution < 1.29 is 8.78 Å². The second kappa shape index (κ2) is 5.07. The van der Waals surface area contributed by atoms with Gasteiger partial charge in [-0.2, -0.15) is 10.4 Å². The van der Waals surface area contributed by atoms with Crippen LogP contribution in [0.3, 0.4) is 0 Å². The topological polar surface area (TPSA) is 59.4 Å². The van der Waals surface area contributed by atoms with Crippen LogP contribution in [0.2, 0.25) is 0 Å². The van der Waals surface area contributed by atoms with Crippen molar-refractivity contribution in [2.75, 3.05) is 0 Å². The zero-order chi connectivity index (χ0) is 15.9. The predicted octanol–water partition coefficient (Wildman–Crippen LogP) is 2.73. The minimum Gasteiger partial charge on any atom is -0.347 e. The first kappa shape index (κ1) is 13.9. The van der Waals surface area contributed by atoms with Gasteiger partial charge in [0.05, 0.1) is 16.9 Å². The Kier molecular flexibility index (Phi) is 3.22. The molecule has 3 rings (SSSR count). The average molecular weight is 299 g/mol. The molecule has 0 atom stereocenters. The summed E-state index contributed by atoms with van der Waals surface area (Å²) in [5.74, 6) is -0.944. The quantitative estimate of drug-likeness (QED) is 0.731. The van der Waals surface area contributed by atoms with Crippen molar-refractivity contribution in [1.29, 1.82) is 5.26 Å². The monoisotopic (exact) mass is 299 g/mol. The van der Waals surface area contributed by atoms with E-state index in [1.54, 1.807) is 30.8 Å². The molecule has 5 nitrogen and oxygen atoms in total. The van der Waals surface area contributed by atoms with Gasteiger partial charge in [-0.25, -0.2) is 18.4 Å². The van der Waals surface area contributed by atoms with Crippen molar-refractivity contribution in [1.82, 2.24) is 19.3 Å². The van der Waals surface area contributed by atoms with Crippen LogP contribution in [0, 0.1) is 29.9 Å². The second-order valence-electron chi connectivity index (χ2n) is 4.83. The van der Waals surface area contributed by atoms with E-state index in [2.05, 4.69) is 16.2 Å². The standard InChI is InChI=1S/C15H11F2N5/c1-9-19-15(14-5-10(7-18)8-21(14)2)22(20-9)11-3-4-12(16)13(17)6-11/h3-6,8H,1-2H3. The molecule has 1 aromatic carbocycles. The lowest BCUT2D eigenvalue weighted by Gasteiger charge is -2.07. The molecule has 0 saturated heterocycles. The van der Waals surface area contributed by atoms with Gasteiger partial charge in [-0.05, 0) is 25.1 Å². The van der Waals surface area contributed by atoms with Crippen LogP contribution in [0.1, 0.15) is 11.4 Å². The van der Waals surface area contributed by atoms with Crippen LogP contribution >= 0.6 is 0 Å². The maximum atomic E-state index is 13.5. The highest BCUT2D eigenvalue weighted by Gasteiger charge is 2.16. The van der Waals surface area contributed by atoms with E-state index in [0.717, 1.165) is 12.1 Å². The first-order valence-electron chi connectivity index (χ1n) is 6.45. The number of nitriles is 1. The predicted molar refractivity (Wildman–Crippen MR) is 75.1 cm³/mol. The Morgan fingerprint density at radius 2 is 1.95 bits per heavy atom. The molecule has 2 heterocycles. The minimum absolute atomic E-state index is 0.356. The molecule has 0 saturated carbocycles. The van der Waals surface area contributed by atoms with E-state index in [4.69, 9.17) is 5.26 Å². The van der Waals surface area contributed by atoms with Gasteiger partial charge in [-0.1, -0.05) is 0 Å². The number of hydrogen-bond donors (Lipinski definition) is 0. The third-order valence-electron chi connectivity index (χ3n) is 3.22. The van der Waals surface area contributed by atoms with Crippen molar-refractivity contribution in [3.05, 3.63) is 53.5 Å². The van der Waals surface area contributed by atoms with Gasteiger partial charge in [0.25, 0.3) is 0 Å². The maximum Gasteiger partial charge on any atom is 0.179 e. The van der Waals surface area contributed by atoms with E-state index in [1.807, 2.05) is 0 Å². The van der Waals surface area contributed by atoms with Crippen LogP contribution in [0.25, 0.3) is 17.2 Å². The van der Waals surface area contributed by atoms with Crippen molar-refractivity contribution in [3.8, 4) is 23.3 Å². The molecule has 0 aliphatic rings. The van der Waals surface area contributed by atoms with Crippen LogP contribution in [0.15, 0.2) is 30.5 Å². The summed E-state index contributed by atoms with van der Waals surface area (Å²) in [5.41, 5.74) is 1.49. The molecule has 2 aromatic heterocycles. The van der Waals surface area contributed by atoms with E-state index in [9.17, 15) is 8.78 Å². The molecule has 22 heavy (non-hydrogen) atoms. The number of aryl methyl sites for hydroxylation is 2. The first-order valence-corrected chi connectivity index (χ1v) is 6.45. The molecule has 0 unspecified atom stereocenters. The normalized spacial score (nSPS) is 10.7. The summed E-state index contributed by atoms with van der Waals surface area (Å²) in [5, 5.41) is 13.2. The van der Waals surface area contributed by atoms with E-state index < -0.39 is 11.6 Å². The summed E-state index contributed by atoms with van der Waals surface area (Å²) in [7, 11) is 1.77. The van der Waals surface area contributed by atoms with Crippen molar-refractivity contribution in [2.45, 2.75) is 6.92 Å². The summed E-state index contributed by atoms with van der Waals surface area (Å²) in [4.78, 5) is 4.32. The molecule has 0 aliphatic heterocycles. The fraction of sp³-hybridized carbons (Fsp3) is 0.133. The number of benzene rings is 1. The van der Waals surface area contributed by atoms with Crippen LogP contribution in [-0.4, -0.2) is 19.3 Å². The lowest BCUT2D eigenvalue weighted by atomic mass is 10.3. The van der Waals surface area contributed by atoms with Crippen molar-refractivity contribution >= 4 is 0 Å². The summed E-state index contributed by atoms with van der Waals surface area (Å²) in [6.45, 7) is 1.70. The number of aromatic nitrogens is 4. The highest BCUT2D eigenvalue weighted by atomic mass is 19.2.